The zero-order chi connectivity index (χ0) is 23.8. The summed E-state index contributed by atoms with van der Waals surface area (Å²) in [6, 6.07) is 10.6. The molecular formula is C24H23ClN4O5. The van der Waals surface area contributed by atoms with Gasteiger partial charge in [0.2, 0.25) is 17.4 Å². The first-order valence-electron chi connectivity index (χ1n) is 10.7. The minimum atomic E-state index is -0.580. The SMILES string of the molecule is COc1ccc([C@@H]2Nc3nonc3NC3=C2C(=O)C[C@@H](c2ccc(Cl)cc2)C3)c(OC)c1OC. The Morgan fingerprint density at radius 3 is 2.38 bits per heavy atom. The number of carbonyl (C=O) groups is 1. The van der Waals surface area contributed by atoms with Gasteiger partial charge in [-0.05, 0) is 52.5 Å². The Bertz CT molecular complexity index is 1270. The molecule has 0 fully saturated rings. The lowest BCUT2D eigenvalue weighted by Gasteiger charge is -2.30. The van der Waals surface area contributed by atoms with Crippen LogP contribution in [-0.2, 0) is 4.79 Å². The molecule has 0 amide bonds. The highest BCUT2D eigenvalue weighted by Gasteiger charge is 2.39. The first kappa shape index (κ1) is 22.1. The summed E-state index contributed by atoms with van der Waals surface area (Å²) in [6.07, 6.45) is 0.953. The normalized spacial score (nSPS) is 19.4. The van der Waals surface area contributed by atoms with Gasteiger partial charge in [-0.1, -0.05) is 23.7 Å². The molecule has 2 aromatic carbocycles. The van der Waals surface area contributed by atoms with Crippen LogP contribution < -0.4 is 24.8 Å². The number of ether oxygens (including phenoxy) is 3. The third-order valence-corrected chi connectivity index (χ3v) is 6.47. The Kier molecular flexibility index (Phi) is 5.79. The lowest BCUT2D eigenvalue weighted by atomic mass is 9.78. The van der Waals surface area contributed by atoms with E-state index in [-0.39, 0.29) is 11.7 Å². The molecule has 2 heterocycles. The molecule has 0 unspecified atom stereocenters. The van der Waals surface area contributed by atoms with Crippen molar-refractivity contribution in [2.24, 2.45) is 0 Å². The van der Waals surface area contributed by atoms with Crippen molar-refractivity contribution in [1.29, 1.82) is 0 Å². The van der Waals surface area contributed by atoms with Crippen molar-refractivity contribution in [3.63, 3.8) is 0 Å². The molecule has 34 heavy (non-hydrogen) atoms. The summed E-state index contributed by atoms with van der Waals surface area (Å²) < 4.78 is 21.7. The third kappa shape index (κ3) is 3.71. The Hall–Kier alpha value is -3.72. The molecule has 2 atom stereocenters. The topological polar surface area (TPSA) is 108 Å². The van der Waals surface area contributed by atoms with Crippen LogP contribution in [-0.4, -0.2) is 37.4 Å². The number of methoxy groups -OCH3 is 3. The number of hydrogen-bond donors (Lipinski definition) is 2. The zero-order valence-corrected chi connectivity index (χ0v) is 19.6. The highest BCUT2D eigenvalue weighted by atomic mass is 35.5. The summed E-state index contributed by atoms with van der Waals surface area (Å²) in [5.74, 6) is 2.22. The summed E-state index contributed by atoms with van der Waals surface area (Å²) in [6.45, 7) is 0. The number of aromatic nitrogens is 2. The van der Waals surface area contributed by atoms with E-state index in [2.05, 4.69) is 20.9 Å². The number of ketones is 1. The van der Waals surface area contributed by atoms with Crippen molar-refractivity contribution >= 4 is 29.0 Å². The monoisotopic (exact) mass is 482 g/mol. The fourth-order valence-corrected chi connectivity index (χ4v) is 4.78. The summed E-state index contributed by atoms with van der Waals surface area (Å²) in [5, 5.41) is 15.2. The van der Waals surface area contributed by atoms with Gasteiger partial charge in [0.25, 0.3) is 0 Å². The Balaban J connectivity index is 1.64. The Labute approximate surface area is 201 Å². The highest BCUT2D eigenvalue weighted by Crippen LogP contribution is 2.48. The van der Waals surface area contributed by atoms with Gasteiger partial charge in [0.1, 0.15) is 0 Å². The van der Waals surface area contributed by atoms with Crippen molar-refractivity contribution in [3.8, 4) is 17.2 Å². The number of anilines is 2. The van der Waals surface area contributed by atoms with E-state index in [1.165, 1.54) is 0 Å². The number of Topliss-reactive ketones (excluding diaryl/α,β-unsaturated/α-hetero) is 1. The van der Waals surface area contributed by atoms with Crippen LogP contribution in [0.15, 0.2) is 52.3 Å². The molecule has 176 valence electrons. The van der Waals surface area contributed by atoms with E-state index in [0.717, 1.165) is 11.3 Å². The van der Waals surface area contributed by atoms with E-state index in [4.69, 9.17) is 30.4 Å². The number of carbonyl (C=O) groups excluding carboxylic acids is 1. The third-order valence-electron chi connectivity index (χ3n) is 6.22. The van der Waals surface area contributed by atoms with Crippen molar-refractivity contribution < 1.29 is 23.6 Å². The summed E-state index contributed by atoms with van der Waals surface area (Å²) in [5.41, 5.74) is 3.08. The van der Waals surface area contributed by atoms with Crippen molar-refractivity contribution in [2.75, 3.05) is 32.0 Å². The minimum Gasteiger partial charge on any atom is -0.493 e. The van der Waals surface area contributed by atoms with E-state index >= 15 is 0 Å². The summed E-state index contributed by atoms with van der Waals surface area (Å²) in [4.78, 5) is 13.6. The van der Waals surface area contributed by atoms with Crippen LogP contribution in [0.4, 0.5) is 11.6 Å². The quantitative estimate of drug-likeness (QED) is 0.533. The predicted octanol–water partition coefficient (Wildman–Crippen LogP) is 4.73. The van der Waals surface area contributed by atoms with Gasteiger partial charge in [-0.2, -0.15) is 0 Å². The molecule has 2 N–H and O–H groups in total. The van der Waals surface area contributed by atoms with E-state index in [0.29, 0.717) is 57.9 Å². The lowest BCUT2D eigenvalue weighted by molar-refractivity contribution is -0.116. The first-order chi connectivity index (χ1) is 16.5. The maximum absolute atomic E-state index is 13.6. The second-order valence-electron chi connectivity index (χ2n) is 8.06. The van der Waals surface area contributed by atoms with Gasteiger partial charge in [0.05, 0.1) is 27.4 Å². The molecule has 1 aliphatic carbocycles. The van der Waals surface area contributed by atoms with Gasteiger partial charge in [0.15, 0.2) is 17.3 Å². The van der Waals surface area contributed by atoms with E-state index in [1.54, 1.807) is 27.4 Å². The molecule has 1 aromatic heterocycles. The van der Waals surface area contributed by atoms with Crippen LogP contribution in [0.3, 0.4) is 0 Å². The molecule has 1 aliphatic heterocycles. The molecule has 0 saturated carbocycles. The summed E-state index contributed by atoms with van der Waals surface area (Å²) >= 11 is 6.06. The molecule has 5 rings (SSSR count). The van der Waals surface area contributed by atoms with Crippen LogP contribution in [0.2, 0.25) is 5.02 Å². The first-order valence-corrected chi connectivity index (χ1v) is 11.1. The molecule has 9 nitrogen and oxygen atoms in total. The van der Waals surface area contributed by atoms with Crippen LogP contribution >= 0.6 is 11.6 Å². The van der Waals surface area contributed by atoms with Gasteiger partial charge in [-0.15, -0.1) is 0 Å². The number of nitrogens with zero attached hydrogens (tertiary/aromatic N) is 2. The number of hydrogen-bond acceptors (Lipinski definition) is 9. The van der Waals surface area contributed by atoms with Gasteiger partial charge in [0, 0.05) is 28.3 Å². The van der Waals surface area contributed by atoms with Gasteiger partial charge >= 0.3 is 0 Å². The maximum atomic E-state index is 13.6. The number of halogens is 1. The number of fused-ring (bicyclic) bond motifs is 1. The average Bonchev–Trinajstić information content (AvgIpc) is 3.22. The van der Waals surface area contributed by atoms with E-state index < -0.39 is 6.04 Å². The molecule has 0 radical (unpaired) electrons. The molecule has 2 aliphatic rings. The van der Waals surface area contributed by atoms with E-state index in [9.17, 15) is 4.79 Å². The van der Waals surface area contributed by atoms with Crippen molar-refractivity contribution in [1.82, 2.24) is 10.3 Å². The number of nitrogens with one attached hydrogen (secondary N) is 2. The largest absolute Gasteiger partial charge is 0.493 e. The van der Waals surface area contributed by atoms with Gasteiger partial charge < -0.3 is 24.8 Å². The molecule has 0 spiro atoms. The molecule has 0 bridgehead atoms. The Morgan fingerprint density at radius 1 is 0.941 bits per heavy atom. The van der Waals surface area contributed by atoms with Crippen LogP contribution in [0.1, 0.15) is 35.9 Å². The predicted molar refractivity (Wildman–Crippen MR) is 126 cm³/mol. The van der Waals surface area contributed by atoms with Gasteiger partial charge in [-0.3, -0.25) is 4.79 Å². The number of rotatable bonds is 5. The van der Waals surface area contributed by atoms with Crippen molar-refractivity contribution in [3.05, 3.63) is 63.8 Å². The standard InChI is InChI=1S/C24H23ClN4O5/c1-31-18-9-8-15(21(32-2)22(18)33-3)20-19-16(26-23-24(27-20)29-34-28-23)10-13(11-17(19)30)12-4-6-14(25)7-5-12/h4-9,13,20H,10-11H2,1-3H3,(H,26,28)(H,27,29)/t13-,20-/m0/s1. The van der Waals surface area contributed by atoms with Crippen LogP contribution in [0.5, 0.6) is 17.2 Å². The average molecular weight is 483 g/mol. The Morgan fingerprint density at radius 2 is 1.68 bits per heavy atom. The second kappa shape index (κ2) is 8.90. The number of benzene rings is 2. The van der Waals surface area contributed by atoms with Crippen molar-refractivity contribution in [2.45, 2.75) is 24.8 Å². The van der Waals surface area contributed by atoms with Crippen LogP contribution in [0.25, 0.3) is 0 Å². The minimum absolute atomic E-state index is 0.00475. The summed E-state index contributed by atoms with van der Waals surface area (Å²) in [7, 11) is 4.65. The van der Waals surface area contributed by atoms with Crippen LogP contribution in [0, 0.1) is 0 Å². The fourth-order valence-electron chi connectivity index (χ4n) is 4.66. The van der Waals surface area contributed by atoms with E-state index in [1.807, 2.05) is 30.3 Å². The molecular weight excluding hydrogens is 460 g/mol. The lowest BCUT2D eigenvalue weighted by Crippen LogP contribution is -2.27. The molecule has 0 saturated heterocycles. The fraction of sp³-hybridized carbons (Fsp3) is 0.292. The molecule has 3 aromatic rings. The molecule has 10 heteroatoms. The number of allylic oxidation sites excluding steroid dienone is 1. The zero-order valence-electron chi connectivity index (χ0n) is 18.8. The smallest absolute Gasteiger partial charge is 0.219 e. The van der Waals surface area contributed by atoms with Gasteiger partial charge in [-0.25, -0.2) is 4.63 Å². The second-order valence-corrected chi connectivity index (χ2v) is 8.50. The maximum Gasteiger partial charge on any atom is 0.219 e. The highest BCUT2D eigenvalue weighted by molar-refractivity contribution is 6.30.